The van der Waals surface area contributed by atoms with Gasteiger partial charge in [-0.1, -0.05) is 12.8 Å². The van der Waals surface area contributed by atoms with Crippen molar-refractivity contribution in [3.8, 4) is 0 Å². The van der Waals surface area contributed by atoms with Gasteiger partial charge in [0, 0.05) is 40.3 Å². The van der Waals surface area contributed by atoms with Crippen molar-refractivity contribution in [2.75, 3.05) is 40.3 Å². The maximum Gasteiger partial charge on any atom is 0.410 e. The molecule has 1 saturated carbocycles. The molecule has 2 aliphatic rings. The Morgan fingerprint density at radius 1 is 1.28 bits per heavy atom. The van der Waals surface area contributed by atoms with Crippen LogP contribution in [0, 0.1) is 5.41 Å². The van der Waals surface area contributed by atoms with Crippen molar-refractivity contribution in [1.29, 1.82) is 0 Å². The van der Waals surface area contributed by atoms with Gasteiger partial charge < -0.3 is 19.9 Å². The van der Waals surface area contributed by atoms with Crippen molar-refractivity contribution in [2.24, 2.45) is 10.4 Å². The molecule has 2 rings (SSSR count). The van der Waals surface area contributed by atoms with Gasteiger partial charge in [-0.25, -0.2) is 4.79 Å². The van der Waals surface area contributed by atoms with Gasteiger partial charge in [-0.2, -0.15) is 0 Å². The average molecular weight is 466 g/mol. The van der Waals surface area contributed by atoms with Crippen LogP contribution in [-0.2, 0) is 4.74 Å². The first-order valence-corrected chi connectivity index (χ1v) is 9.14. The van der Waals surface area contributed by atoms with Crippen LogP contribution in [0.3, 0.4) is 0 Å². The molecule has 0 atom stereocenters. The second-order valence-corrected chi connectivity index (χ2v) is 8.25. The van der Waals surface area contributed by atoms with Crippen LogP contribution in [0.2, 0.25) is 0 Å². The zero-order valence-electron chi connectivity index (χ0n) is 16.4. The number of rotatable bonds is 3. The molecule has 1 heterocycles. The lowest BCUT2D eigenvalue weighted by Gasteiger charge is -2.27. The van der Waals surface area contributed by atoms with Gasteiger partial charge in [-0.3, -0.25) is 4.99 Å². The zero-order chi connectivity index (χ0) is 17.8. The van der Waals surface area contributed by atoms with E-state index in [0.717, 1.165) is 19.0 Å². The average Bonchev–Trinajstić information content (AvgIpc) is 3.12. The van der Waals surface area contributed by atoms with Crippen LogP contribution in [-0.4, -0.2) is 67.7 Å². The highest BCUT2D eigenvalue weighted by atomic mass is 127. The molecule has 1 aliphatic carbocycles. The number of halogens is 1. The minimum atomic E-state index is -0.458. The number of aliphatic imine (C=N–C) groups is 1. The highest BCUT2D eigenvalue weighted by molar-refractivity contribution is 14.0. The van der Waals surface area contributed by atoms with E-state index in [9.17, 15) is 4.79 Å². The Hall–Kier alpha value is -0.730. The minimum Gasteiger partial charge on any atom is -0.444 e. The number of amides is 1. The van der Waals surface area contributed by atoms with E-state index in [2.05, 4.69) is 15.2 Å². The SMILES string of the molecule is CN=C(NCCN(C)C(=O)OC(C)(C)C)N1CCC2(CCCC2)C1.I. The Kier molecular flexibility index (Phi) is 8.28. The van der Waals surface area contributed by atoms with Gasteiger partial charge in [0.2, 0.25) is 0 Å². The second kappa shape index (κ2) is 9.28. The quantitative estimate of drug-likeness (QED) is 0.394. The molecular formula is C18H35IN4O2. The molecule has 146 valence electrons. The standard InChI is InChI=1S/C18H34N4O2.HI/c1-17(2,3)24-16(23)21(5)13-11-20-15(19-4)22-12-10-18(14-22)8-6-7-9-18;/h6-14H2,1-5H3,(H,19,20);1H. The summed E-state index contributed by atoms with van der Waals surface area (Å²) < 4.78 is 5.37. The van der Waals surface area contributed by atoms with Gasteiger partial charge >= 0.3 is 6.09 Å². The van der Waals surface area contributed by atoms with E-state index in [1.165, 1.54) is 32.1 Å². The van der Waals surface area contributed by atoms with Crippen LogP contribution >= 0.6 is 24.0 Å². The Morgan fingerprint density at radius 3 is 2.48 bits per heavy atom. The molecule has 0 aromatic heterocycles. The third kappa shape index (κ3) is 6.49. The minimum absolute atomic E-state index is 0. The van der Waals surface area contributed by atoms with Crippen molar-refractivity contribution < 1.29 is 9.53 Å². The van der Waals surface area contributed by atoms with Crippen LogP contribution < -0.4 is 5.32 Å². The van der Waals surface area contributed by atoms with Crippen LogP contribution in [0.4, 0.5) is 4.79 Å². The molecule has 0 aromatic carbocycles. The summed E-state index contributed by atoms with van der Waals surface area (Å²) in [4.78, 5) is 20.4. The lowest BCUT2D eigenvalue weighted by atomic mass is 9.86. The molecule has 6 nitrogen and oxygen atoms in total. The summed E-state index contributed by atoms with van der Waals surface area (Å²) >= 11 is 0. The molecular weight excluding hydrogens is 431 g/mol. The number of likely N-dealkylation sites (N-methyl/N-ethyl adjacent to an activating group) is 1. The van der Waals surface area contributed by atoms with E-state index in [4.69, 9.17) is 4.74 Å². The second-order valence-electron chi connectivity index (χ2n) is 8.25. The fraction of sp³-hybridized carbons (Fsp3) is 0.889. The largest absolute Gasteiger partial charge is 0.444 e. The fourth-order valence-corrected chi connectivity index (χ4v) is 3.75. The zero-order valence-corrected chi connectivity index (χ0v) is 18.8. The van der Waals surface area contributed by atoms with E-state index in [0.29, 0.717) is 18.5 Å². The Labute approximate surface area is 169 Å². The summed E-state index contributed by atoms with van der Waals surface area (Å²) in [7, 11) is 3.60. The summed E-state index contributed by atoms with van der Waals surface area (Å²) in [5.74, 6) is 0.955. The molecule has 0 radical (unpaired) electrons. The Bertz CT molecular complexity index is 470. The first-order chi connectivity index (χ1) is 11.2. The summed E-state index contributed by atoms with van der Waals surface area (Å²) in [6, 6.07) is 0. The molecule has 1 saturated heterocycles. The van der Waals surface area contributed by atoms with E-state index < -0.39 is 5.60 Å². The van der Waals surface area contributed by atoms with Gasteiger partial charge in [-0.05, 0) is 45.4 Å². The number of nitrogens with zero attached hydrogens (tertiary/aromatic N) is 3. The van der Waals surface area contributed by atoms with Crippen molar-refractivity contribution in [3.05, 3.63) is 0 Å². The number of hydrogen-bond acceptors (Lipinski definition) is 3. The summed E-state index contributed by atoms with van der Waals surface area (Å²) in [6.45, 7) is 9.11. The van der Waals surface area contributed by atoms with E-state index in [1.807, 2.05) is 27.8 Å². The summed E-state index contributed by atoms with van der Waals surface area (Å²) in [6.07, 6.45) is 6.47. The van der Waals surface area contributed by atoms with Crippen molar-refractivity contribution in [3.63, 3.8) is 0 Å². The van der Waals surface area contributed by atoms with Crippen LogP contribution in [0.1, 0.15) is 52.9 Å². The van der Waals surface area contributed by atoms with Gasteiger partial charge in [0.15, 0.2) is 5.96 Å². The number of ether oxygens (including phenoxy) is 1. The van der Waals surface area contributed by atoms with Gasteiger partial charge in [0.1, 0.15) is 5.60 Å². The van der Waals surface area contributed by atoms with Gasteiger partial charge in [0.25, 0.3) is 0 Å². The molecule has 0 aromatic rings. The van der Waals surface area contributed by atoms with E-state index in [-0.39, 0.29) is 30.1 Å². The summed E-state index contributed by atoms with van der Waals surface area (Å²) in [5, 5.41) is 3.39. The van der Waals surface area contributed by atoms with Crippen molar-refractivity contribution in [1.82, 2.24) is 15.1 Å². The van der Waals surface area contributed by atoms with Crippen LogP contribution in [0.25, 0.3) is 0 Å². The van der Waals surface area contributed by atoms with Crippen LogP contribution in [0.15, 0.2) is 4.99 Å². The normalized spacial score (nSPS) is 19.7. The smallest absolute Gasteiger partial charge is 0.410 e. The Morgan fingerprint density at radius 2 is 1.92 bits per heavy atom. The van der Waals surface area contributed by atoms with E-state index >= 15 is 0 Å². The highest BCUT2D eigenvalue weighted by Gasteiger charge is 2.41. The third-order valence-corrected chi connectivity index (χ3v) is 5.05. The first kappa shape index (κ1) is 22.3. The predicted molar refractivity (Wildman–Crippen MR) is 113 cm³/mol. The van der Waals surface area contributed by atoms with E-state index in [1.54, 1.807) is 11.9 Å². The molecule has 2 fully saturated rings. The molecule has 1 amide bonds. The van der Waals surface area contributed by atoms with Crippen LogP contribution in [0.5, 0.6) is 0 Å². The summed E-state index contributed by atoms with van der Waals surface area (Å²) in [5.41, 5.74) is 0.0743. The topological polar surface area (TPSA) is 57.2 Å². The predicted octanol–water partition coefficient (Wildman–Crippen LogP) is 3.31. The number of hydrogen-bond donors (Lipinski definition) is 1. The molecule has 0 bridgehead atoms. The number of nitrogens with one attached hydrogen (secondary N) is 1. The maximum absolute atomic E-state index is 12.0. The Balaban J connectivity index is 0.00000312. The number of guanidine groups is 1. The lowest BCUT2D eigenvalue weighted by Crippen LogP contribution is -2.44. The molecule has 1 aliphatic heterocycles. The molecule has 1 spiro atoms. The molecule has 7 heteroatoms. The lowest BCUT2D eigenvalue weighted by molar-refractivity contribution is 0.0302. The number of likely N-dealkylation sites (tertiary alicyclic amines) is 1. The van der Waals surface area contributed by atoms with Gasteiger partial charge in [-0.15, -0.1) is 24.0 Å². The monoisotopic (exact) mass is 466 g/mol. The number of carbonyl (C=O) groups is 1. The highest BCUT2D eigenvalue weighted by Crippen LogP contribution is 2.45. The van der Waals surface area contributed by atoms with Crippen molar-refractivity contribution >= 4 is 36.0 Å². The van der Waals surface area contributed by atoms with Crippen molar-refractivity contribution in [2.45, 2.75) is 58.5 Å². The maximum atomic E-state index is 12.0. The fourth-order valence-electron chi connectivity index (χ4n) is 3.75. The third-order valence-electron chi connectivity index (χ3n) is 5.05. The molecule has 25 heavy (non-hydrogen) atoms. The first-order valence-electron chi connectivity index (χ1n) is 9.14. The molecule has 0 unspecified atom stereocenters. The van der Waals surface area contributed by atoms with Gasteiger partial charge in [0.05, 0.1) is 0 Å². The number of carbonyl (C=O) groups excluding carboxylic acids is 1. The molecule has 1 N–H and O–H groups in total.